The van der Waals surface area contributed by atoms with E-state index in [4.69, 9.17) is 0 Å². The molecule has 0 atom stereocenters. The maximum absolute atomic E-state index is 13.4. The molecule has 0 bridgehead atoms. The van der Waals surface area contributed by atoms with Crippen molar-refractivity contribution in [3.8, 4) is 11.1 Å². The molecule has 1 heterocycles. The van der Waals surface area contributed by atoms with Crippen LogP contribution in [0.5, 0.6) is 0 Å². The molecule has 0 radical (unpaired) electrons. The molecule has 0 saturated carbocycles. The second-order valence-electron chi connectivity index (χ2n) is 3.52. The Kier molecular flexibility index (Phi) is 3.09. The van der Waals surface area contributed by atoms with Crippen LogP contribution in [0.15, 0.2) is 36.5 Å². The Balaban J connectivity index is 2.39. The Morgan fingerprint density at radius 1 is 1.22 bits per heavy atom. The molecule has 0 aliphatic rings. The summed E-state index contributed by atoms with van der Waals surface area (Å²) in [6.45, 7) is 0. The number of nitro groups is 1. The van der Waals surface area contributed by atoms with Gasteiger partial charge in [-0.2, -0.15) is 0 Å². The molecule has 0 amide bonds. The Morgan fingerprint density at radius 2 is 1.94 bits per heavy atom. The summed E-state index contributed by atoms with van der Waals surface area (Å²) in [5, 5.41) is 10.4. The first-order valence-corrected chi connectivity index (χ1v) is 4.97. The molecule has 0 unspecified atom stereocenters. The van der Waals surface area contributed by atoms with Gasteiger partial charge in [-0.15, -0.1) is 0 Å². The van der Waals surface area contributed by atoms with Gasteiger partial charge in [-0.25, -0.2) is 4.39 Å². The molecule has 2 rings (SSSR count). The molecule has 90 valence electrons. The first-order valence-electron chi connectivity index (χ1n) is 4.97. The van der Waals surface area contributed by atoms with E-state index in [0.717, 1.165) is 0 Å². The largest absolute Gasteiger partial charge is 0.363 e. The van der Waals surface area contributed by atoms with E-state index < -0.39 is 10.7 Å². The van der Waals surface area contributed by atoms with Crippen molar-refractivity contribution in [2.75, 3.05) is 0 Å². The molecule has 0 fully saturated rings. The van der Waals surface area contributed by atoms with E-state index in [1.54, 1.807) is 6.07 Å². The van der Waals surface area contributed by atoms with Crippen molar-refractivity contribution in [3.63, 3.8) is 0 Å². The minimum absolute atomic E-state index is 0.0337. The van der Waals surface area contributed by atoms with Crippen LogP contribution in [0, 0.1) is 15.9 Å². The average Bonchev–Trinajstić information content (AvgIpc) is 2.38. The smallest absolute Gasteiger partial charge is 0.358 e. The first-order chi connectivity index (χ1) is 8.61. The van der Waals surface area contributed by atoms with Gasteiger partial charge in [0, 0.05) is 11.6 Å². The van der Waals surface area contributed by atoms with Gasteiger partial charge in [-0.1, -0.05) is 6.07 Å². The number of carbonyl (C=O) groups is 1. The van der Waals surface area contributed by atoms with Crippen LogP contribution in [0.25, 0.3) is 11.1 Å². The zero-order valence-electron chi connectivity index (χ0n) is 9.04. The third-order valence-corrected chi connectivity index (χ3v) is 2.40. The van der Waals surface area contributed by atoms with E-state index in [2.05, 4.69) is 4.98 Å². The van der Waals surface area contributed by atoms with Crippen molar-refractivity contribution in [1.82, 2.24) is 4.98 Å². The molecule has 1 aromatic carbocycles. The van der Waals surface area contributed by atoms with Gasteiger partial charge in [0.1, 0.15) is 12.0 Å². The van der Waals surface area contributed by atoms with Gasteiger partial charge < -0.3 is 10.1 Å². The number of aromatic nitrogens is 1. The number of halogens is 1. The summed E-state index contributed by atoms with van der Waals surface area (Å²) in [6, 6.07) is 6.79. The zero-order valence-corrected chi connectivity index (χ0v) is 9.04. The van der Waals surface area contributed by atoms with Crippen molar-refractivity contribution in [2.45, 2.75) is 0 Å². The highest BCUT2D eigenvalue weighted by atomic mass is 19.1. The van der Waals surface area contributed by atoms with Crippen LogP contribution < -0.4 is 0 Å². The minimum atomic E-state index is -0.638. The van der Waals surface area contributed by atoms with Crippen LogP contribution in [-0.2, 0) is 0 Å². The summed E-state index contributed by atoms with van der Waals surface area (Å²) in [5.74, 6) is -0.912. The average molecular weight is 246 g/mol. The number of hydrogen-bond acceptors (Lipinski definition) is 4. The zero-order chi connectivity index (χ0) is 13.1. The third-order valence-electron chi connectivity index (χ3n) is 2.40. The second-order valence-corrected chi connectivity index (χ2v) is 3.52. The lowest BCUT2D eigenvalue weighted by Crippen LogP contribution is -1.92. The molecule has 0 aliphatic heterocycles. The lowest BCUT2D eigenvalue weighted by atomic mass is 10.1. The van der Waals surface area contributed by atoms with Crippen LogP contribution in [0.3, 0.4) is 0 Å². The van der Waals surface area contributed by atoms with Crippen LogP contribution >= 0.6 is 0 Å². The van der Waals surface area contributed by atoms with E-state index in [-0.39, 0.29) is 11.4 Å². The number of rotatable bonds is 3. The fraction of sp³-hybridized carbons (Fsp3) is 0. The van der Waals surface area contributed by atoms with Crippen LogP contribution in [0.2, 0.25) is 0 Å². The molecule has 0 aliphatic carbocycles. The van der Waals surface area contributed by atoms with Gasteiger partial charge in [-0.3, -0.25) is 4.79 Å². The summed E-state index contributed by atoms with van der Waals surface area (Å²) < 4.78 is 13.4. The number of carbonyl (C=O) groups excluding carboxylic acids is 1. The van der Waals surface area contributed by atoms with Crippen LogP contribution in [-0.4, -0.2) is 16.2 Å². The van der Waals surface area contributed by atoms with Gasteiger partial charge in [-0.05, 0) is 33.7 Å². The topological polar surface area (TPSA) is 73.1 Å². The maximum atomic E-state index is 13.4. The van der Waals surface area contributed by atoms with Gasteiger partial charge in [0.05, 0.1) is 5.56 Å². The summed E-state index contributed by atoms with van der Waals surface area (Å²) in [4.78, 5) is 23.9. The fourth-order valence-electron chi connectivity index (χ4n) is 1.47. The molecular formula is C12H7FN2O3. The minimum Gasteiger partial charge on any atom is -0.358 e. The molecular weight excluding hydrogens is 239 g/mol. The third kappa shape index (κ3) is 2.22. The van der Waals surface area contributed by atoms with Crippen molar-refractivity contribution in [2.24, 2.45) is 0 Å². The van der Waals surface area contributed by atoms with Crippen molar-refractivity contribution >= 4 is 12.1 Å². The predicted molar refractivity (Wildman–Crippen MR) is 61.7 cm³/mol. The van der Waals surface area contributed by atoms with E-state index in [0.29, 0.717) is 17.4 Å². The van der Waals surface area contributed by atoms with E-state index >= 15 is 0 Å². The SMILES string of the molecule is O=Cc1ccc(-c2ccc([N+](=O)[O-])nc2)cc1F. The number of hydrogen-bond donors (Lipinski definition) is 0. The summed E-state index contributed by atoms with van der Waals surface area (Å²) in [5.41, 5.74) is 1.01. The Hall–Kier alpha value is -2.63. The maximum Gasteiger partial charge on any atom is 0.363 e. The standard InChI is InChI=1S/C12H7FN2O3/c13-11-5-8(1-2-10(11)7-16)9-3-4-12(14-6-9)15(17)18/h1-7H. The van der Waals surface area contributed by atoms with Crippen LogP contribution in [0.1, 0.15) is 10.4 Å². The van der Waals surface area contributed by atoms with Gasteiger partial charge in [0.2, 0.25) is 0 Å². The number of pyridine rings is 1. The molecule has 0 spiro atoms. The number of aldehydes is 1. The summed E-state index contributed by atoms with van der Waals surface area (Å²) in [6.07, 6.45) is 1.71. The molecule has 6 heteroatoms. The van der Waals surface area contributed by atoms with Crippen molar-refractivity contribution in [1.29, 1.82) is 0 Å². The number of benzene rings is 1. The molecule has 2 aromatic rings. The lowest BCUT2D eigenvalue weighted by Gasteiger charge is -2.01. The van der Waals surface area contributed by atoms with Crippen molar-refractivity contribution < 1.29 is 14.1 Å². The Bertz CT molecular complexity index is 611. The highest BCUT2D eigenvalue weighted by molar-refractivity contribution is 5.77. The summed E-state index contributed by atoms with van der Waals surface area (Å²) >= 11 is 0. The van der Waals surface area contributed by atoms with E-state index in [1.165, 1.54) is 30.5 Å². The number of nitrogens with zero attached hydrogens (tertiary/aromatic N) is 2. The quantitative estimate of drug-likeness (QED) is 0.474. The van der Waals surface area contributed by atoms with Gasteiger partial charge >= 0.3 is 5.82 Å². The van der Waals surface area contributed by atoms with E-state index in [9.17, 15) is 19.3 Å². The molecule has 5 nitrogen and oxygen atoms in total. The van der Waals surface area contributed by atoms with Crippen molar-refractivity contribution in [3.05, 3.63) is 58.0 Å². The monoisotopic (exact) mass is 246 g/mol. The Labute approximate surface area is 101 Å². The van der Waals surface area contributed by atoms with Gasteiger partial charge in [0.15, 0.2) is 6.29 Å². The fourth-order valence-corrected chi connectivity index (χ4v) is 1.47. The Morgan fingerprint density at radius 3 is 2.44 bits per heavy atom. The molecule has 18 heavy (non-hydrogen) atoms. The van der Waals surface area contributed by atoms with E-state index in [1.807, 2.05) is 0 Å². The predicted octanol–water partition coefficient (Wildman–Crippen LogP) is 2.61. The highest BCUT2D eigenvalue weighted by Gasteiger charge is 2.09. The normalized spacial score (nSPS) is 10.1. The molecule has 1 aromatic heterocycles. The lowest BCUT2D eigenvalue weighted by molar-refractivity contribution is -0.389. The highest BCUT2D eigenvalue weighted by Crippen LogP contribution is 2.22. The van der Waals surface area contributed by atoms with Gasteiger partial charge in [0.25, 0.3) is 0 Å². The molecule has 0 N–H and O–H groups in total. The molecule has 0 saturated heterocycles. The summed E-state index contributed by atoms with van der Waals surface area (Å²) in [7, 11) is 0. The second kappa shape index (κ2) is 4.70. The first kappa shape index (κ1) is 11.8. The van der Waals surface area contributed by atoms with Crippen LogP contribution in [0.4, 0.5) is 10.2 Å².